The van der Waals surface area contributed by atoms with Gasteiger partial charge in [-0.2, -0.15) is 0 Å². The maximum atomic E-state index is 12.8. The Balaban J connectivity index is 1.73. The lowest BCUT2D eigenvalue weighted by molar-refractivity contribution is -0.149. The van der Waals surface area contributed by atoms with Gasteiger partial charge in [0.2, 0.25) is 0 Å². The fourth-order valence-electron chi connectivity index (χ4n) is 3.33. The van der Waals surface area contributed by atoms with Crippen LogP contribution in [-0.2, 0) is 9.53 Å². The van der Waals surface area contributed by atoms with Gasteiger partial charge in [0.1, 0.15) is 5.75 Å². The molecule has 0 aromatic heterocycles. The summed E-state index contributed by atoms with van der Waals surface area (Å²) in [7, 11) is 1.47. The third-order valence-corrected chi connectivity index (χ3v) is 4.85. The summed E-state index contributed by atoms with van der Waals surface area (Å²) in [5.41, 5.74) is 10.1. The van der Waals surface area contributed by atoms with Gasteiger partial charge in [0.05, 0.1) is 24.2 Å². The molecule has 1 atom stereocenters. The lowest BCUT2D eigenvalue weighted by Gasteiger charge is -2.22. The highest BCUT2D eigenvalue weighted by molar-refractivity contribution is 6.21. The molecule has 0 radical (unpaired) electrons. The summed E-state index contributed by atoms with van der Waals surface area (Å²) in [5, 5.41) is 3.51. The van der Waals surface area contributed by atoms with Gasteiger partial charge in [-0.3, -0.25) is 14.4 Å². The van der Waals surface area contributed by atoms with Crippen LogP contribution in [0.5, 0.6) is 5.75 Å². The number of benzene rings is 2. The molecule has 0 spiro atoms. The second-order valence-electron chi connectivity index (χ2n) is 7.04. The minimum absolute atomic E-state index is 0.103. The van der Waals surface area contributed by atoms with E-state index in [9.17, 15) is 14.4 Å². The number of methoxy groups -OCH3 is 1. The molecule has 30 heavy (non-hydrogen) atoms. The lowest BCUT2D eigenvalue weighted by atomic mass is 9.88. The van der Waals surface area contributed by atoms with Gasteiger partial charge in [-0.25, -0.2) is 4.90 Å². The molecule has 2 aromatic rings. The van der Waals surface area contributed by atoms with Crippen molar-refractivity contribution in [3.05, 3.63) is 69.6 Å². The van der Waals surface area contributed by atoms with Crippen LogP contribution < -0.4 is 4.74 Å². The number of nitrogens with zero attached hydrogens (tertiary/aromatic N) is 4. The topological polar surface area (TPSA) is 122 Å². The number of azide groups is 1. The van der Waals surface area contributed by atoms with Crippen LogP contribution in [-0.4, -0.2) is 36.5 Å². The second-order valence-corrected chi connectivity index (χ2v) is 7.04. The van der Waals surface area contributed by atoms with Gasteiger partial charge in [0.15, 0.2) is 6.73 Å². The highest BCUT2D eigenvalue weighted by atomic mass is 16.5. The Labute approximate surface area is 172 Å². The summed E-state index contributed by atoms with van der Waals surface area (Å²) in [6, 6.07) is 11.2. The molecule has 0 bridgehead atoms. The van der Waals surface area contributed by atoms with Crippen LogP contribution in [0.2, 0.25) is 0 Å². The van der Waals surface area contributed by atoms with Crippen molar-refractivity contribution in [2.45, 2.75) is 19.8 Å². The maximum Gasteiger partial charge on any atom is 0.315 e. The van der Waals surface area contributed by atoms with Crippen molar-refractivity contribution >= 4 is 23.5 Å². The van der Waals surface area contributed by atoms with E-state index in [1.54, 1.807) is 30.3 Å². The molecule has 0 N–H and O–H groups in total. The molecule has 0 aliphatic carbocycles. The molecular weight excluding hydrogens is 388 g/mol. The third kappa shape index (κ3) is 3.97. The van der Waals surface area contributed by atoms with E-state index in [0.29, 0.717) is 17.0 Å². The number of fused-ring (bicyclic) bond motifs is 1. The Morgan fingerprint density at radius 2 is 1.77 bits per heavy atom. The van der Waals surface area contributed by atoms with Crippen LogP contribution in [0.4, 0.5) is 5.69 Å². The molecule has 1 aliphatic heterocycles. The molecular formula is C21H20N4O5. The molecule has 1 heterocycles. The number of ether oxygens (including phenoxy) is 2. The van der Waals surface area contributed by atoms with Crippen LogP contribution in [0.15, 0.2) is 47.6 Å². The van der Waals surface area contributed by atoms with Crippen molar-refractivity contribution in [2.24, 2.45) is 11.0 Å². The Hall–Kier alpha value is -3.84. The zero-order valence-electron chi connectivity index (χ0n) is 16.7. The van der Waals surface area contributed by atoms with E-state index in [2.05, 4.69) is 10.0 Å². The number of rotatable bonds is 7. The SMILES string of the molecule is COc1ccc2c(c1)C(=O)N(COC(=O)C(c1ccc(N=[N+]=[N-])cc1)C(C)C)C2=O. The summed E-state index contributed by atoms with van der Waals surface area (Å²) in [6.45, 7) is 3.25. The monoisotopic (exact) mass is 408 g/mol. The van der Waals surface area contributed by atoms with Crippen molar-refractivity contribution in [1.29, 1.82) is 0 Å². The van der Waals surface area contributed by atoms with Gasteiger partial charge >= 0.3 is 5.97 Å². The zero-order chi connectivity index (χ0) is 21.8. The summed E-state index contributed by atoms with van der Waals surface area (Å²) in [4.78, 5) is 41.5. The van der Waals surface area contributed by atoms with Crippen molar-refractivity contribution in [3.63, 3.8) is 0 Å². The minimum Gasteiger partial charge on any atom is -0.497 e. The number of imide groups is 1. The van der Waals surface area contributed by atoms with E-state index in [0.717, 1.165) is 4.90 Å². The third-order valence-electron chi connectivity index (χ3n) is 4.85. The first kappa shape index (κ1) is 20.9. The molecule has 3 rings (SSSR count). The van der Waals surface area contributed by atoms with E-state index < -0.39 is 30.4 Å². The Morgan fingerprint density at radius 1 is 1.10 bits per heavy atom. The minimum atomic E-state index is -0.611. The van der Waals surface area contributed by atoms with E-state index >= 15 is 0 Å². The molecule has 1 aliphatic rings. The number of amides is 2. The van der Waals surface area contributed by atoms with Gasteiger partial charge in [-0.05, 0) is 35.2 Å². The standard InChI is InChI=1S/C21H20N4O5/c1-12(2)18(13-4-6-14(7-5-13)23-24-22)21(28)30-11-25-19(26)16-9-8-15(29-3)10-17(16)20(25)27/h4-10,12,18H,11H2,1-3H3. The summed E-state index contributed by atoms with van der Waals surface area (Å²) < 4.78 is 10.4. The first-order chi connectivity index (χ1) is 14.4. The molecule has 2 amide bonds. The molecule has 2 aromatic carbocycles. The average molecular weight is 408 g/mol. The molecule has 1 unspecified atom stereocenters. The Kier molecular flexibility index (Phi) is 6.03. The number of carbonyl (C=O) groups excluding carboxylic acids is 3. The Bertz CT molecular complexity index is 1040. The van der Waals surface area contributed by atoms with Gasteiger partial charge in [-0.1, -0.05) is 43.2 Å². The first-order valence-corrected chi connectivity index (χ1v) is 9.23. The number of carbonyl (C=O) groups is 3. The normalized spacial score (nSPS) is 13.7. The smallest absolute Gasteiger partial charge is 0.315 e. The first-order valence-electron chi connectivity index (χ1n) is 9.23. The molecule has 154 valence electrons. The van der Waals surface area contributed by atoms with Crippen molar-refractivity contribution < 1.29 is 23.9 Å². The predicted molar refractivity (Wildman–Crippen MR) is 107 cm³/mol. The van der Waals surface area contributed by atoms with E-state index in [-0.39, 0.29) is 17.0 Å². The number of hydrogen-bond acceptors (Lipinski definition) is 6. The summed E-state index contributed by atoms with van der Waals surface area (Å²) in [5.74, 6) is -1.88. The highest BCUT2D eigenvalue weighted by Crippen LogP contribution is 2.29. The summed E-state index contributed by atoms with van der Waals surface area (Å²) >= 11 is 0. The number of hydrogen-bond donors (Lipinski definition) is 0. The van der Waals surface area contributed by atoms with Crippen LogP contribution in [0, 0.1) is 5.92 Å². The molecule has 9 heteroatoms. The lowest BCUT2D eigenvalue weighted by Crippen LogP contribution is -2.34. The van der Waals surface area contributed by atoms with Crippen molar-refractivity contribution in [3.8, 4) is 5.75 Å². The van der Waals surface area contributed by atoms with Crippen LogP contribution in [0.25, 0.3) is 10.4 Å². The van der Waals surface area contributed by atoms with Crippen LogP contribution in [0.3, 0.4) is 0 Å². The highest BCUT2D eigenvalue weighted by Gasteiger charge is 2.37. The molecule has 0 saturated carbocycles. The van der Waals surface area contributed by atoms with Gasteiger partial charge in [0.25, 0.3) is 11.8 Å². The van der Waals surface area contributed by atoms with E-state index in [1.807, 2.05) is 13.8 Å². The fraction of sp³-hybridized carbons (Fsp3) is 0.286. The number of esters is 1. The summed E-state index contributed by atoms with van der Waals surface area (Å²) in [6.07, 6.45) is 0. The molecule has 9 nitrogen and oxygen atoms in total. The quantitative estimate of drug-likeness (QED) is 0.224. The van der Waals surface area contributed by atoms with Crippen LogP contribution in [0.1, 0.15) is 46.0 Å². The molecule has 0 saturated heterocycles. The van der Waals surface area contributed by atoms with E-state index in [4.69, 9.17) is 15.0 Å². The van der Waals surface area contributed by atoms with Gasteiger partial charge in [-0.15, -0.1) is 0 Å². The molecule has 0 fully saturated rings. The second kappa shape index (κ2) is 8.67. The zero-order valence-corrected chi connectivity index (χ0v) is 16.7. The maximum absolute atomic E-state index is 12.8. The largest absolute Gasteiger partial charge is 0.497 e. The average Bonchev–Trinajstić information content (AvgIpc) is 2.97. The Morgan fingerprint density at radius 3 is 2.37 bits per heavy atom. The van der Waals surface area contributed by atoms with Crippen LogP contribution >= 0.6 is 0 Å². The van der Waals surface area contributed by atoms with Crippen molar-refractivity contribution in [2.75, 3.05) is 13.8 Å². The fourth-order valence-corrected chi connectivity index (χ4v) is 3.33. The van der Waals surface area contributed by atoms with Gasteiger partial charge < -0.3 is 9.47 Å². The van der Waals surface area contributed by atoms with Gasteiger partial charge in [0, 0.05) is 10.6 Å². The predicted octanol–water partition coefficient (Wildman–Crippen LogP) is 4.17. The van der Waals surface area contributed by atoms with Crippen molar-refractivity contribution in [1.82, 2.24) is 4.90 Å². The van der Waals surface area contributed by atoms with E-state index in [1.165, 1.54) is 19.2 Å².